The molecule has 0 N–H and O–H groups in total. The first-order chi connectivity index (χ1) is 13.5. The molecule has 3 rings (SSSR count). The minimum absolute atomic E-state index is 0.0261. The van der Waals surface area contributed by atoms with E-state index in [1.54, 1.807) is 6.20 Å². The summed E-state index contributed by atoms with van der Waals surface area (Å²) in [4.78, 5) is 25.0. The molecular weight excluding hydrogens is 358 g/mol. The lowest BCUT2D eigenvalue weighted by Gasteiger charge is -2.06. The number of Topliss-reactive ketones (excluding diaryl/α,β-unsaturated/α-hetero) is 1. The van der Waals surface area contributed by atoms with Crippen molar-refractivity contribution in [2.24, 2.45) is 0 Å². The van der Waals surface area contributed by atoms with Crippen molar-refractivity contribution in [3.05, 3.63) is 65.2 Å². The highest BCUT2D eigenvalue weighted by Crippen LogP contribution is 2.21. The fraction of sp³-hybridized carbons (Fsp3) is 0.286. The van der Waals surface area contributed by atoms with Crippen molar-refractivity contribution in [3.8, 4) is 11.4 Å². The lowest BCUT2D eigenvalue weighted by molar-refractivity contribution is 0.0465. The zero-order valence-corrected chi connectivity index (χ0v) is 16.4. The van der Waals surface area contributed by atoms with Gasteiger partial charge in [-0.1, -0.05) is 18.2 Å². The Balaban J connectivity index is 1.75. The number of benzene rings is 1. The number of aryl methyl sites for hydroxylation is 1. The zero-order chi connectivity index (χ0) is 20.3. The number of ether oxygens (including phenoxy) is 2. The fourth-order valence-electron chi connectivity index (χ4n) is 3.21. The van der Waals surface area contributed by atoms with Gasteiger partial charge in [-0.15, -0.1) is 0 Å². The van der Waals surface area contributed by atoms with E-state index in [2.05, 4.69) is 5.10 Å². The quantitative estimate of drug-likeness (QED) is 0.463. The molecule has 0 fully saturated rings. The van der Waals surface area contributed by atoms with Crippen molar-refractivity contribution >= 4 is 11.8 Å². The Morgan fingerprint density at radius 3 is 2.46 bits per heavy atom. The van der Waals surface area contributed by atoms with Gasteiger partial charge in [0.05, 0.1) is 19.0 Å². The summed E-state index contributed by atoms with van der Waals surface area (Å²) in [6, 6.07) is 11.2. The van der Waals surface area contributed by atoms with Gasteiger partial charge in [0.2, 0.25) is 11.5 Å². The molecule has 0 radical (unpaired) electrons. The predicted octanol–water partition coefficient (Wildman–Crippen LogP) is 3.36. The average molecular weight is 381 g/mol. The maximum atomic E-state index is 12.5. The van der Waals surface area contributed by atoms with Crippen LogP contribution in [0.2, 0.25) is 0 Å². The van der Waals surface area contributed by atoms with Gasteiger partial charge in [0, 0.05) is 23.5 Å². The van der Waals surface area contributed by atoms with E-state index in [1.165, 1.54) is 11.8 Å². The Morgan fingerprint density at radius 1 is 1.14 bits per heavy atom. The van der Waals surface area contributed by atoms with Crippen LogP contribution >= 0.6 is 0 Å². The number of carbonyl (C=O) groups is 2. The second kappa shape index (κ2) is 8.12. The van der Waals surface area contributed by atoms with E-state index in [-0.39, 0.29) is 23.8 Å². The first-order valence-corrected chi connectivity index (χ1v) is 9.02. The molecule has 0 unspecified atom stereocenters. The van der Waals surface area contributed by atoms with E-state index in [0.29, 0.717) is 5.56 Å². The van der Waals surface area contributed by atoms with Gasteiger partial charge in [-0.25, -0.2) is 9.48 Å². The van der Waals surface area contributed by atoms with Gasteiger partial charge in [-0.2, -0.15) is 5.10 Å². The topological polar surface area (TPSA) is 75.4 Å². The predicted molar refractivity (Wildman–Crippen MR) is 104 cm³/mol. The van der Waals surface area contributed by atoms with Crippen LogP contribution < -0.4 is 4.74 Å². The molecule has 0 amide bonds. The summed E-state index contributed by atoms with van der Waals surface area (Å²) in [5, 5.41) is 4.25. The molecule has 0 bridgehead atoms. The smallest absolute Gasteiger partial charge is 0.363 e. The molecular formula is C21H23N3O4. The SMILES string of the molecule is CCn1c(C)cc(C(=O)COC(=O)c2nn(-c3ccccc3)cc2OC)c1C. The Labute approximate surface area is 163 Å². The number of esters is 1. The van der Waals surface area contributed by atoms with Gasteiger partial charge in [0.25, 0.3) is 0 Å². The molecule has 2 heterocycles. The largest absolute Gasteiger partial charge is 0.493 e. The van der Waals surface area contributed by atoms with Gasteiger partial charge in [-0.3, -0.25) is 4.79 Å². The number of hydrogen-bond acceptors (Lipinski definition) is 5. The van der Waals surface area contributed by atoms with Gasteiger partial charge < -0.3 is 14.0 Å². The van der Waals surface area contributed by atoms with Crippen LogP contribution in [0.4, 0.5) is 0 Å². The summed E-state index contributed by atoms with van der Waals surface area (Å²) in [6.45, 7) is 6.27. The molecule has 0 aliphatic carbocycles. The molecule has 0 spiro atoms. The van der Waals surface area contributed by atoms with Crippen molar-refractivity contribution in [2.45, 2.75) is 27.3 Å². The lowest BCUT2D eigenvalue weighted by atomic mass is 10.1. The van der Waals surface area contributed by atoms with Gasteiger partial charge in [-0.05, 0) is 39.0 Å². The molecule has 2 aromatic heterocycles. The fourth-order valence-corrected chi connectivity index (χ4v) is 3.21. The molecule has 1 aromatic carbocycles. The number of para-hydroxylation sites is 1. The van der Waals surface area contributed by atoms with Crippen LogP contribution in [0.15, 0.2) is 42.6 Å². The van der Waals surface area contributed by atoms with E-state index in [4.69, 9.17) is 9.47 Å². The standard InChI is InChI=1S/C21H23N3O4/c1-5-23-14(2)11-17(15(23)3)18(25)13-28-21(26)20-19(27-4)12-24(22-20)16-9-7-6-8-10-16/h6-12H,5,13H2,1-4H3. The number of rotatable bonds is 7. The molecule has 0 atom stereocenters. The van der Waals surface area contributed by atoms with Gasteiger partial charge in [0.1, 0.15) is 0 Å². The third-order valence-corrected chi connectivity index (χ3v) is 4.64. The molecule has 28 heavy (non-hydrogen) atoms. The average Bonchev–Trinajstić information content (AvgIpc) is 3.27. The Morgan fingerprint density at radius 2 is 1.86 bits per heavy atom. The second-order valence-corrected chi connectivity index (χ2v) is 6.35. The van der Waals surface area contributed by atoms with Gasteiger partial charge >= 0.3 is 5.97 Å². The molecule has 7 nitrogen and oxygen atoms in total. The highest BCUT2D eigenvalue weighted by atomic mass is 16.5. The number of methoxy groups -OCH3 is 1. The van der Waals surface area contributed by atoms with Crippen molar-refractivity contribution in [3.63, 3.8) is 0 Å². The summed E-state index contributed by atoms with van der Waals surface area (Å²) >= 11 is 0. The maximum Gasteiger partial charge on any atom is 0.363 e. The van der Waals surface area contributed by atoms with Crippen LogP contribution in [-0.2, 0) is 11.3 Å². The number of hydrogen-bond donors (Lipinski definition) is 0. The van der Waals surface area contributed by atoms with Crippen LogP contribution in [0, 0.1) is 13.8 Å². The monoisotopic (exact) mass is 381 g/mol. The summed E-state index contributed by atoms with van der Waals surface area (Å²) in [5.41, 5.74) is 3.24. The lowest BCUT2D eigenvalue weighted by Crippen LogP contribution is -2.16. The number of ketones is 1. The summed E-state index contributed by atoms with van der Waals surface area (Å²) < 4.78 is 14.0. The highest BCUT2D eigenvalue weighted by Gasteiger charge is 2.22. The number of carbonyl (C=O) groups excluding carboxylic acids is 2. The normalized spacial score (nSPS) is 10.7. The molecule has 0 aliphatic heterocycles. The first-order valence-electron chi connectivity index (χ1n) is 9.02. The van der Waals surface area contributed by atoms with E-state index in [9.17, 15) is 9.59 Å². The minimum Gasteiger partial charge on any atom is -0.493 e. The third-order valence-electron chi connectivity index (χ3n) is 4.64. The summed E-state index contributed by atoms with van der Waals surface area (Å²) in [6.07, 6.45) is 1.60. The highest BCUT2D eigenvalue weighted by molar-refractivity contribution is 6.00. The molecule has 0 saturated heterocycles. The molecule has 7 heteroatoms. The van der Waals surface area contributed by atoms with E-state index in [0.717, 1.165) is 23.6 Å². The molecule has 3 aromatic rings. The molecule has 0 aliphatic rings. The van der Waals surface area contributed by atoms with Crippen LogP contribution in [0.1, 0.15) is 39.2 Å². The van der Waals surface area contributed by atoms with Crippen LogP contribution in [0.3, 0.4) is 0 Å². The maximum absolute atomic E-state index is 12.5. The summed E-state index contributed by atoms with van der Waals surface area (Å²) in [5.74, 6) is -0.669. The van der Waals surface area contributed by atoms with E-state index in [1.807, 2.05) is 61.7 Å². The van der Waals surface area contributed by atoms with Crippen molar-refractivity contribution in [1.82, 2.24) is 14.3 Å². The second-order valence-electron chi connectivity index (χ2n) is 6.35. The minimum atomic E-state index is -0.704. The van der Waals surface area contributed by atoms with E-state index < -0.39 is 5.97 Å². The van der Waals surface area contributed by atoms with Crippen molar-refractivity contribution in [2.75, 3.05) is 13.7 Å². The Kier molecular flexibility index (Phi) is 5.63. The van der Waals surface area contributed by atoms with Crippen molar-refractivity contribution < 1.29 is 19.1 Å². The molecule has 146 valence electrons. The Hall–Kier alpha value is -3.35. The number of aromatic nitrogens is 3. The van der Waals surface area contributed by atoms with Gasteiger partial charge in [0.15, 0.2) is 12.4 Å². The molecule has 0 saturated carbocycles. The van der Waals surface area contributed by atoms with E-state index >= 15 is 0 Å². The Bertz CT molecular complexity index is 1000. The number of nitrogens with zero attached hydrogens (tertiary/aromatic N) is 3. The first kappa shape index (κ1) is 19.4. The van der Waals surface area contributed by atoms with Crippen LogP contribution in [0.25, 0.3) is 5.69 Å². The zero-order valence-electron chi connectivity index (χ0n) is 16.4. The third kappa shape index (κ3) is 3.69. The summed E-state index contributed by atoms with van der Waals surface area (Å²) in [7, 11) is 1.45. The van der Waals surface area contributed by atoms with Crippen molar-refractivity contribution in [1.29, 1.82) is 0 Å². The van der Waals surface area contributed by atoms with Crippen LogP contribution in [0.5, 0.6) is 5.75 Å². The van der Waals surface area contributed by atoms with Crippen LogP contribution in [-0.4, -0.2) is 39.8 Å².